The molecule has 2 heterocycles. The first-order chi connectivity index (χ1) is 10.0. The Hall–Kier alpha value is -1.66. The van der Waals surface area contributed by atoms with E-state index in [2.05, 4.69) is 36.2 Å². The molecule has 1 aliphatic heterocycles. The molecule has 6 heteroatoms. The normalized spacial score (nSPS) is 19.6. The van der Waals surface area contributed by atoms with Crippen molar-refractivity contribution in [2.45, 2.75) is 32.7 Å². The van der Waals surface area contributed by atoms with Crippen molar-refractivity contribution in [1.29, 1.82) is 0 Å². The number of carbonyl (C=O) groups is 1. The quantitative estimate of drug-likeness (QED) is 0.642. The van der Waals surface area contributed by atoms with Crippen LogP contribution in [0.25, 0.3) is 0 Å². The topological polar surface area (TPSA) is 74.5 Å². The number of aryl methyl sites for hydroxylation is 1. The van der Waals surface area contributed by atoms with E-state index in [4.69, 9.17) is 5.84 Å². The molecule has 0 spiro atoms. The van der Waals surface area contributed by atoms with Crippen LogP contribution in [0.4, 0.5) is 5.82 Å². The number of rotatable bonds is 4. The maximum atomic E-state index is 12.8. The van der Waals surface area contributed by atoms with Gasteiger partial charge in [-0.1, -0.05) is 13.3 Å². The van der Waals surface area contributed by atoms with Crippen molar-refractivity contribution < 1.29 is 4.79 Å². The number of aromatic nitrogens is 1. The number of nitrogens with two attached hydrogens (primary N) is 1. The van der Waals surface area contributed by atoms with Crippen LogP contribution in [0.1, 0.15) is 36.3 Å². The largest absolute Gasteiger partial charge is 0.333 e. The summed E-state index contributed by atoms with van der Waals surface area (Å²) in [4.78, 5) is 21.3. The first kappa shape index (κ1) is 15.7. The van der Waals surface area contributed by atoms with Crippen molar-refractivity contribution in [3.8, 4) is 0 Å². The van der Waals surface area contributed by atoms with Gasteiger partial charge >= 0.3 is 0 Å². The van der Waals surface area contributed by atoms with Crippen LogP contribution < -0.4 is 11.3 Å². The van der Waals surface area contributed by atoms with E-state index in [0.717, 1.165) is 38.2 Å². The number of amides is 1. The highest BCUT2D eigenvalue weighted by molar-refractivity contribution is 5.95. The van der Waals surface area contributed by atoms with E-state index in [-0.39, 0.29) is 11.9 Å². The predicted molar refractivity (Wildman–Crippen MR) is 84.0 cm³/mol. The Labute approximate surface area is 126 Å². The Morgan fingerprint density at radius 3 is 2.86 bits per heavy atom. The molecule has 1 aromatic rings. The van der Waals surface area contributed by atoms with Crippen LogP contribution in [0.15, 0.2) is 12.1 Å². The maximum Gasteiger partial charge on any atom is 0.254 e. The summed E-state index contributed by atoms with van der Waals surface area (Å²) in [6, 6.07) is 3.83. The molecule has 0 bridgehead atoms. The average Bonchev–Trinajstić information content (AvgIpc) is 2.46. The second-order valence-electron chi connectivity index (χ2n) is 5.74. The number of carbonyl (C=O) groups excluding carboxylic acids is 1. The van der Waals surface area contributed by atoms with E-state index in [9.17, 15) is 4.79 Å². The lowest BCUT2D eigenvalue weighted by Crippen LogP contribution is -2.52. The fraction of sp³-hybridized carbons (Fsp3) is 0.600. The van der Waals surface area contributed by atoms with Gasteiger partial charge in [-0.2, -0.15) is 0 Å². The zero-order valence-electron chi connectivity index (χ0n) is 13.1. The van der Waals surface area contributed by atoms with E-state index in [1.807, 2.05) is 11.0 Å². The number of likely N-dealkylation sites (N-methyl/N-ethyl adjacent to an activating group) is 1. The van der Waals surface area contributed by atoms with Gasteiger partial charge in [-0.05, 0) is 32.5 Å². The Kier molecular flexibility index (Phi) is 5.14. The Bertz CT molecular complexity index is 505. The van der Waals surface area contributed by atoms with Gasteiger partial charge in [0, 0.05) is 36.9 Å². The average molecular weight is 291 g/mol. The lowest BCUT2D eigenvalue weighted by Gasteiger charge is -2.38. The van der Waals surface area contributed by atoms with E-state index < -0.39 is 0 Å². The molecule has 1 saturated heterocycles. The standard InChI is InChI=1S/C15H25N5O/c1-4-5-13-8-12(9-14(17-13)18-16)15(21)20-7-6-19(3)10-11(20)2/h8-9,11H,4-7,10,16H2,1-3H3,(H,17,18). The monoisotopic (exact) mass is 291 g/mol. The molecule has 1 fully saturated rings. The summed E-state index contributed by atoms with van der Waals surface area (Å²) in [5.41, 5.74) is 4.12. The van der Waals surface area contributed by atoms with Crippen LogP contribution in [0.5, 0.6) is 0 Å². The van der Waals surface area contributed by atoms with Crippen molar-refractivity contribution in [3.05, 3.63) is 23.4 Å². The molecule has 116 valence electrons. The molecule has 21 heavy (non-hydrogen) atoms. The molecule has 1 aromatic heterocycles. The molecule has 1 atom stereocenters. The van der Waals surface area contributed by atoms with Gasteiger partial charge in [-0.15, -0.1) is 0 Å². The summed E-state index contributed by atoms with van der Waals surface area (Å²) in [5, 5.41) is 0. The molecule has 1 aliphatic rings. The van der Waals surface area contributed by atoms with Gasteiger partial charge in [0.1, 0.15) is 5.82 Å². The minimum absolute atomic E-state index is 0.0619. The molecule has 3 N–H and O–H groups in total. The molecule has 1 amide bonds. The first-order valence-electron chi connectivity index (χ1n) is 7.52. The minimum atomic E-state index is 0.0619. The van der Waals surface area contributed by atoms with E-state index in [0.29, 0.717) is 11.4 Å². The molecular weight excluding hydrogens is 266 g/mol. The van der Waals surface area contributed by atoms with Crippen LogP contribution >= 0.6 is 0 Å². The van der Waals surface area contributed by atoms with Gasteiger partial charge in [0.25, 0.3) is 5.91 Å². The van der Waals surface area contributed by atoms with Crippen molar-refractivity contribution in [3.63, 3.8) is 0 Å². The lowest BCUT2D eigenvalue weighted by atomic mass is 10.1. The fourth-order valence-electron chi connectivity index (χ4n) is 2.78. The number of hydrazine groups is 1. The zero-order chi connectivity index (χ0) is 15.4. The summed E-state index contributed by atoms with van der Waals surface area (Å²) < 4.78 is 0. The van der Waals surface area contributed by atoms with Gasteiger partial charge in [0.05, 0.1) is 0 Å². The number of pyridine rings is 1. The number of nitrogens with one attached hydrogen (secondary N) is 1. The van der Waals surface area contributed by atoms with Crippen molar-refractivity contribution in [1.82, 2.24) is 14.8 Å². The number of nitrogens with zero attached hydrogens (tertiary/aromatic N) is 3. The maximum absolute atomic E-state index is 12.8. The van der Waals surface area contributed by atoms with Gasteiger partial charge in [-0.25, -0.2) is 10.8 Å². The Morgan fingerprint density at radius 1 is 1.48 bits per heavy atom. The van der Waals surface area contributed by atoms with Crippen molar-refractivity contribution >= 4 is 11.7 Å². The zero-order valence-corrected chi connectivity index (χ0v) is 13.1. The highest BCUT2D eigenvalue weighted by Crippen LogP contribution is 2.17. The number of hydrogen-bond acceptors (Lipinski definition) is 5. The summed E-state index contributed by atoms with van der Waals surface area (Å²) in [7, 11) is 2.08. The van der Waals surface area contributed by atoms with Gasteiger partial charge in [0.2, 0.25) is 0 Å². The van der Waals surface area contributed by atoms with E-state index >= 15 is 0 Å². The third kappa shape index (κ3) is 3.71. The molecule has 0 saturated carbocycles. The summed E-state index contributed by atoms with van der Waals surface area (Å²) in [6.07, 6.45) is 1.83. The van der Waals surface area contributed by atoms with Crippen LogP contribution in [0.2, 0.25) is 0 Å². The predicted octanol–water partition coefficient (Wildman–Crippen LogP) is 1.10. The smallest absolute Gasteiger partial charge is 0.254 e. The first-order valence-corrected chi connectivity index (χ1v) is 7.52. The fourth-order valence-corrected chi connectivity index (χ4v) is 2.78. The molecular formula is C15H25N5O. The number of piperazine rings is 1. The molecule has 0 radical (unpaired) electrons. The summed E-state index contributed by atoms with van der Waals surface area (Å²) >= 11 is 0. The second kappa shape index (κ2) is 6.87. The summed E-state index contributed by atoms with van der Waals surface area (Å²) in [6.45, 7) is 6.75. The van der Waals surface area contributed by atoms with Crippen LogP contribution in [-0.4, -0.2) is 53.4 Å². The van der Waals surface area contributed by atoms with E-state index in [1.165, 1.54) is 0 Å². The van der Waals surface area contributed by atoms with Crippen LogP contribution in [-0.2, 0) is 6.42 Å². The van der Waals surface area contributed by atoms with Crippen molar-refractivity contribution in [2.24, 2.45) is 5.84 Å². The molecule has 1 unspecified atom stereocenters. The minimum Gasteiger partial charge on any atom is -0.333 e. The SMILES string of the molecule is CCCc1cc(C(=O)N2CCN(C)CC2C)cc(NN)n1. The van der Waals surface area contributed by atoms with E-state index in [1.54, 1.807) is 6.07 Å². The lowest BCUT2D eigenvalue weighted by molar-refractivity contribution is 0.0533. The Morgan fingerprint density at radius 2 is 2.24 bits per heavy atom. The van der Waals surface area contributed by atoms with Gasteiger partial charge in [0.15, 0.2) is 0 Å². The van der Waals surface area contributed by atoms with Crippen LogP contribution in [0.3, 0.4) is 0 Å². The number of nitrogen functional groups attached to an aromatic ring is 1. The number of anilines is 1. The van der Waals surface area contributed by atoms with Gasteiger partial charge < -0.3 is 15.2 Å². The summed E-state index contributed by atoms with van der Waals surface area (Å²) in [5.74, 6) is 6.07. The third-order valence-electron chi connectivity index (χ3n) is 3.87. The van der Waals surface area contributed by atoms with Crippen molar-refractivity contribution in [2.75, 3.05) is 32.1 Å². The highest BCUT2D eigenvalue weighted by Gasteiger charge is 2.27. The molecule has 0 aliphatic carbocycles. The van der Waals surface area contributed by atoms with Crippen LogP contribution in [0, 0.1) is 0 Å². The molecule has 0 aromatic carbocycles. The molecule has 2 rings (SSSR count). The number of hydrogen-bond donors (Lipinski definition) is 2. The third-order valence-corrected chi connectivity index (χ3v) is 3.87. The molecule has 6 nitrogen and oxygen atoms in total. The second-order valence-corrected chi connectivity index (χ2v) is 5.74. The highest BCUT2D eigenvalue weighted by atomic mass is 16.2. The Balaban J connectivity index is 2.23. The van der Waals surface area contributed by atoms with Gasteiger partial charge in [-0.3, -0.25) is 4.79 Å².